The van der Waals surface area contributed by atoms with Crippen molar-refractivity contribution in [3.8, 4) is 11.5 Å². The third-order valence-electron chi connectivity index (χ3n) is 3.71. The van der Waals surface area contributed by atoms with E-state index in [1.165, 1.54) is 13.2 Å². The molecular formula is C20H21ClN2O4. The number of nitrogens with one attached hydrogen (secondary N) is 2. The summed E-state index contributed by atoms with van der Waals surface area (Å²) in [5.41, 5.74) is 1.27. The Kier molecular flexibility index (Phi) is 7.25. The fourth-order valence-corrected chi connectivity index (χ4v) is 2.40. The van der Waals surface area contributed by atoms with Crippen LogP contribution in [0.1, 0.15) is 12.5 Å². The second-order valence-electron chi connectivity index (χ2n) is 5.67. The van der Waals surface area contributed by atoms with Crippen molar-refractivity contribution >= 4 is 35.2 Å². The van der Waals surface area contributed by atoms with Crippen LogP contribution in [0.2, 0.25) is 5.02 Å². The molecule has 2 N–H and O–H groups in total. The normalized spacial score (nSPS) is 11.7. The van der Waals surface area contributed by atoms with Gasteiger partial charge in [-0.3, -0.25) is 9.59 Å². The molecule has 0 aromatic heterocycles. The highest BCUT2D eigenvalue weighted by Gasteiger charge is 2.16. The van der Waals surface area contributed by atoms with Crippen molar-refractivity contribution in [3.05, 3.63) is 59.1 Å². The van der Waals surface area contributed by atoms with Crippen LogP contribution in [0.4, 0.5) is 5.69 Å². The van der Waals surface area contributed by atoms with Gasteiger partial charge in [-0.15, -0.1) is 0 Å². The molecule has 2 rings (SSSR count). The highest BCUT2D eigenvalue weighted by molar-refractivity contribution is 6.31. The number of carbonyl (C=O) groups is 2. The van der Waals surface area contributed by atoms with Gasteiger partial charge in [0.05, 0.1) is 19.9 Å². The van der Waals surface area contributed by atoms with Gasteiger partial charge >= 0.3 is 0 Å². The van der Waals surface area contributed by atoms with E-state index < -0.39 is 6.04 Å². The molecule has 0 radical (unpaired) electrons. The van der Waals surface area contributed by atoms with Crippen LogP contribution in [0.3, 0.4) is 0 Å². The minimum atomic E-state index is -0.748. The number of amides is 2. The van der Waals surface area contributed by atoms with E-state index in [4.69, 9.17) is 21.1 Å². The molecule has 1 atom stereocenters. The van der Waals surface area contributed by atoms with Gasteiger partial charge in [0.25, 0.3) is 0 Å². The Morgan fingerprint density at radius 1 is 1.07 bits per heavy atom. The molecule has 0 fully saturated rings. The van der Waals surface area contributed by atoms with Crippen molar-refractivity contribution in [2.75, 3.05) is 19.5 Å². The van der Waals surface area contributed by atoms with Gasteiger partial charge in [0.15, 0.2) is 0 Å². The number of hydrogen-bond acceptors (Lipinski definition) is 4. The molecular weight excluding hydrogens is 368 g/mol. The van der Waals surface area contributed by atoms with Crippen molar-refractivity contribution in [2.45, 2.75) is 13.0 Å². The standard InChI is InChI=1S/C20H21ClN2O4/c1-13(20(25)23-17-12-15(21)7-10-18(17)27-3)22-19(24)11-6-14-4-8-16(26-2)9-5-14/h4-13H,1-3H3,(H,22,24)(H,23,25)/b11-6+. The van der Waals surface area contributed by atoms with E-state index in [-0.39, 0.29) is 11.8 Å². The van der Waals surface area contributed by atoms with E-state index in [0.29, 0.717) is 16.5 Å². The first-order chi connectivity index (χ1) is 12.9. The predicted octanol–water partition coefficient (Wildman–Crippen LogP) is 3.51. The zero-order chi connectivity index (χ0) is 19.8. The number of hydrogen-bond donors (Lipinski definition) is 2. The van der Waals surface area contributed by atoms with E-state index in [0.717, 1.165) is 11.3 Å². The summed E-state index contributed by atoms with van der Waals surface area (Å²) in [5.74, 6) is 0.442. The molecule has 142 valence electrons. The smallest absolute Gasteiger partial charge is 0.246 e. The molecule has 0 aliphatic carbocycles. The number of halogens is 1. The molecule has 0 saturated heterocycles. The lowest BCUT2D eigenvalue weighted by molar-refractivity contribution is -0.123. The highest BCUT2D eigenvalue weighted by atomic mass is 35.5. The molecule has 0 heterocycles. The quantitative estimate of drug-likeness (QED) is 0.711. The minimum Gasteiger partial charge on any atom is -0.497 e. The molecule has 0 aliphatic rings. The van der Waals surface area contributed by atoms with Crippen LogP contribution in [0, 0.1) is 0 Å². The van der Waals surface area contributed by atoms with Crippen LogP contribution in [-0.2, 0) is 9.59 Å². The summed E-state index contributed by atoms with van der Waals surface area (Å²) in [6.45, 7) is 1.59. The topological polar surface area (TPSA) is 76.7 Å². The summed E-state index contributed by atoms with van der Waals surface area (Å²) < 4.78 is 10.3. The number of rotatable bonds is 7. The van der Waals surface area contributed by atoms with Crippen molar-refractivity contribution in [3.63, 3.8) is 0 Å². The number of anilines is 1. The lowest BCUT2D eigenvalue weighted by Crippen LogP contribution is -2.40. The molecule has 0 aliphatic heterocycles. The molecule has 0 bridgehead atoms. The van der Waals surface area contributed by atoms with E-state index in [1.807, 2.05) is 12.1 Å². The fraction of sp³-hybridized carbons (Fsp3) is 0.200. The Bertz CT molecular complexity index is 834. The largest absolute Gasteiger partial charge is 0.497 e. The number of benzene rings is 2. The van der Waals surface area contributed by atoms with Crippen LogP contribution >= 0.6 is 11.6 Å². The van der Waals surface area contributed by atoms with Crippen LogP contribution in [0.5, 0.6) is 11.5 Å². The lowest BCUT2D eigenvalue weighted by Gasteiger charge is -2.15. The fourth-order valence-electron chi connectivity index (χ4n) is 2.23. The monoisotopic (exact) mass is 388 g/mol. The van der Waals surface area contributed by atoms with Crippen molar-refractivity contribution in [1.29, 1.82) is 0 Å². The second-order valence-corrected chi connectivity index (χ2v) is 6.11. The SMILES string of the molecule is COc1ccc(/C=C/C(=O)NC(C)C(=O)Nc2cc(Cl)ccc2OC)cc1. The molecule has 2 amide bonds. The van der Waals surface area contributed by atoms with E-state index >= 15 is 0 Å². The van der Waals surface area contributed by atoms with Crippen LogP contribution < -0.4 is 20.1 Å². The molecule has 0 saturated carbocycles. The Morgan fingerprint density at radius 3 is 2.41 bits per heavy atom. The second kappa shape index (κ2) is 9.64. The minimum absolute atomic E-state index is 0.383. The molecule has 7 heteroatoms. The van der Waals surface area contributed by atoms with E-state index in [9.17, 15) is 9.59 Å². The Labute approximate surface area is 163 Å². The Morgan fingerprint density at radius 2 is 1.78 bits per heavy atom. The van der Waals surface area contributed by atoms with Crippen molar-refractivity contribution in [2.24, 2.45) is 0 Å². The van der Waals surface area contributed by atoms with Crippen molar-refractivity contribution < 1.29 is 19.1 Å². The Hall–Kier alpha value is -2.99. The van der Waals surface area contributed by atoms with Gasteiger partial charge in [-0.05, 0) is 48.9 Å². The molecule has 2 aromatic carbocycles. The van der Waals surface area contributed by atoms with Gasteiger partial charge in [-0.1, -0.05) is 23.7 Å². The van der Waals surface area contributed by atoms with E-state index in [2.05, 4.69) is 10.6 Å². The number of ether oxygens (including phenoxy) is 2. The first kappa shape index (κ1) is 20.3. The summed E-state index contributed by atoms with van der Waals surface area (Å²) in [4.78, 5) is 24.3. The van der Waals surface area contributed by atoms with Gasteiger partial charge in [-0.2, -0.15) is 0 Å². The highest BCUT2D eigenvalue weighted by Crippen LogP contribution is 2.27. The van der Waals surface area contributed by atoms with E-state index in [1.54, 1.807) is 50.4 Å². The average Bonchev–Trinajstić information content (AvgIpc) is 2.67. The zero-order valence-electron chi connectivity index (χ0n) is 15.3. The van der Waals surface area contributed by atoms with Gasteiger partial charge in [0.2, 0.25) is 11.8 Å². The number of methoxy groups -OCH3 is 2. The molecule has 27 heavy (non-hydrogen) atoms. The van der Waals surface area contributed by atoms with Crippen molar-refractivity contribution in [1.82, 2.24) is 5.32 Å². The molecule has 0 spiro atoms. The Balaban J connectivity index is 1.94. The van der Waals surface area contributed by atoms with Gasteiger partial charge < -0.3 is 20.1 Å². The summed E-state index contributed by atoms with van der Waals surface area (Å²) >= 11 is 5.95. The third-order valence-corrected chi connectivity index (χ3v) is 3.95. The molecule has 1 unspecified atom stereocenters. The first-order valence-corrected chi connectivity index (χ1v) is 8.57. The summed E-state index contributed by atoms with van der Waals surface area (Å²) in [6, 6.07) is 11.4. The van der Waals surface area contributed by atoms with Gasteiger partial charge in [-0.25, -0.2) is 0 Å². The maximum Gasteiger partial charge on any atom is 0.246 e. The maximum atomic E-state index is 12.3. The van der Waals surface area contributed by atoms with Crippen LogP contribution in [-0.4, -0.2) is 32.1 Å². The zero-order valence-corrected chi connectivity index (χ0v) is 16.0. The summed E-state index contributed by atoms with van der Waals surface area (Å²) in [7, 11) is 3.08. The van der Waals surface area contributed by atoms with Gasteiger partial charge in [0, 0.05) is 11.1 Å². The molecule has 6 nitrogen and oxygen atoms in total. The third kappa shape index (κ3) is 6.04. The average molecular weight is 389 g/mol. The lowest BCUT2D eigenvalue weighted by atomic mass is 10.2. The van der Waals surface area contributed by atoms with Crippen LogP contribution in [0.25, 0.3) is 6.08 Å². The van der Waals surface area contributed by atoms with Gasteiger partial charge in [0.1, 0.15) is 17.5 Å². The first-order valence-electron chi connectivity index (χ1n) is 8.20. The summed E-state index contributed by atoms with van der Waals surface area (Å²) in [6.07, 6.45) is 3.02. The maximum absolute atomic E-state index is 12.3. The molecule has 2 aromatic rings. The predicted molar refractivity (Wildman–Crippen MR) is 106 cm³/mol. The van der Waals surface area contributed by atoms with Crippen LogP contribution in [0.15, 0.2) is 48.5 Å². The summed E-state index contributed by atoms with van der Waals surface area (Å²) in [5, 5.41) is 5.76. The number of carbonyl (C=O) groups excluding carboxylic acids is 2.